The summed E-state index contributed by atoms with van der Waals surface area (Å²) in [5, 5.41) is 9.01. The summed E-state index contributed by atoms with van der Waals surface area (Å²) in [5.74, 6) is 0.351. The third-order valence-corrected chi connectivity index (χ3v) is 6.39. The number of aromatic amines is 1. The van der Waals surface area contributed by atoms with Crippen LogP contribution in [0.4, 0.5) is 0 Å². The molecule has 6 nitrogen and oxygen atoms in total. The molecular formula is C20H12ClN5OS2. The molecule has 0 aliphatic heterocycles. The third kappa shape index (κ3) is 3.42. The van der Waals surface area contributed by atoms with Gasteiger partial charge in [-0.1, -0.05) is 29.8 Å². The van der Waals surface area contributed by atoms with Crippen molar-refractivity contribution >= 4 is 55.6 Å². The molecule has 5 aromatic rings. The minimum atomic E-state index is -0.192. The van der Waals surface area contributed by atoms with E-state index in [0.717, 1.165) is 21.7 Å². The van der Waals surface area contributed by atoms with Crippen LogP contribution in [-0.2, 0) is 0 Å². The Kier molecular flexibility index (Phi) is 4.59. The molecule has 0 unspecified atom stereocenters. The number of benzene rings is 1. The number of nitrogens with zero attached hydrogens (tertiary/aromatic N) is 4. The SMILES string of the molecule is O=c1[nH]c(/C(Cl)=C/c2ccc(-n3cncn3)cc2)nc2scc(-c3cccs3)c12. The van der Waals surface area contributed by atoms with Crippen molar-refractivity contribution in [2.75, 3.05) is 0 Å². The molecule has 1 N–H and O–H groups in total. The van der Waals surface area contributed by atoms with Gasteiger partial charge in [0.25, 0.3) is 5.56 Å². The topological polar surface area (TPSA) is 76.5 Å². The maximum absolute atomic E-state index is 12.7. The Morgan fingerprint density at radius 3 is 2.76 bits per heavy atom. The van der Waals surface area contributed by atoms with E-state index in [1.165, 1.54) is 17.7 Å². The number of rotatable bonds is 4. The zero-order valence-electron chi connectivity index (χ0n) is 14.7. The molecule has 0 fully saturated rings. The first kappa shape index (κ1) is 18.0. The number of nitrogens with one attached hydrogen (secondary N) is 1. The van der Waals surface area contributed by atoms with E-state index in [9.17, 15) is 4.79 Å². The number of hydrogen-bond donors (Lipinski definition) is 1. The van der Waals surface area contributed by atoms with Gasteiger partial charge in [0, 0.05) is 15.8 Å². The summed E-state index contributed by atoms with van der Waals surface area (Å²) in [6.07, 6.45) is 4.88. The van der Waals surface area contributed by atoms with Crippen LogP contribution in [0.2, 0.25) is 0 Å². The average Bonchev–Trinajstić information content (AvgIpc) is 3.48. The predicted molar refractivity (Wildman–Crippen MR) is 119 cm³/mol. The van der Waals surface area contributed by atoms with Crippen LogP contribution in [0.15, 0.2) is 64.6 Å². The number of hydrogen-bond acceptors (Lipinski definition) is 6. The van der Waals surface area contributed by atoms with E-state index in [2.05, 4.69) is 20.1 Å². The van der Waals surface area contributed by atoms with Crippen molar-refractivity contribution in [3.8, 4) is 16.1 Å². The third-order valence-electron chi connectivity index (χ3n) is 4.33. The Balaban J connectivity index is 1.49. The smallest absolute Gasteiger partial charge is 0.260 e. The van der Waals surface area contributed by atoms with Crippen molar-refractivity contribution in [1.82, 2.24) is 24.7 Å². The highest BCUT2D eigenvalue weighted by Crippen LogP contribution is 2.34. The van der Waals surface area contributed by atoms with E-state index >= 15 is 0 Å². The number of halogens is 1. The fraction of sp³-hybridized carbons (Fsp3) is 0. The minimum absolute atomic E-state index is 0.192. The summed E-state index contributed by atoms with van der Waals surface area (Å²) >= 11 is 9.50. The van der Waals surface area contributed by atoms with E-state index in [0.29, 0.717) is 21.1 Å². The van der Waals surface area contributed by atoms with Crippen LogP contribution < -0.4 is 5.56 Å². The summed E-state index contributed by atoms with van der Waals surface area (Å²) < 4.78 is 1.67. The van der Waals surface area contributed by atoms with Crippen molar-refractivity contribution in [3.63, 3.8) is 0 Å². The lowest BCUT2D eigenvalue weighted by molar-refractivity contribution is 0.879. The van der Waals surface area contributed by atoms with Crippen molar-refractivity contribution < 1.29 is 0 Å². The number of thiophene rings is 2. The van der Waals surface area contributed by atoms with Gasteiger partial charge in [0.15, 0.2) is 5.82 Å². The van der Waals surface area contributed by atoms with Crippen LogP contribution in [0.5, 0.6) is 0 Å². The monoisotopic (exact) mass is 437 g/mol. The van der Waals surface area contributed by atoms with E-state index in [1.807, 2.05) is 47.2 Å². The van der Waals surface area contributed by atoms with Crippen LogP contribution in [-0.4, -0.2) is 24.7 Å². The Morgan fingerprint density at radius 2 is 2.03 bits per heavy atom. The summed E-state index contributed by atoms with van der Waals surface area (Å²) in [6, 6.07) is 11.6. The molecule has 0 saturated carbocycles. The van der Waals surface area contributed by atoms with E-state index in [-0.39, 0.29) is 5.56 Å². The molecule has 4 aromatic heterocycles. The van der Waals surface area contributed by atoms with Crippen LogP contribution in [0.3, 0.4) is 0 Å². The van der Waals surface area contributed by atoms with Crippen LogP contribution in [0, 0.1) is 0 Å². The molecular weight excluding hydrogens is 426 g/mol. The first-order valence-electron chi connectivity index (χ1n) is 8.57. The van der Waals surface area contributed by atoms with E-state index < -0.39 is 0 Å². The Labute approximate surface area is 177 Å². The maximum Gasteiger partial charge on any atom is 0.260 e. The lowest BCUT2D eigenvalue weighted by Crippen LogP contribution is -2.10. The maximum atomic E-state index is 12.7. The molecule has 0 saturated heterocycles. The van der Waals surface area contributed by atoms with Gasteiger partial charge in [-0.25, -0.2) is 14.6 Å². The van der Waals surface area contributed by atoms with Crippen molar-refractivity contribution in [1.29, 1.82) is 0 Å². The molecule has 9 heteroatoms. The summed E-state index contributed by atoms with van der Waals surface area (Å²) in [5.41, 5.74) is 2.49. The van der Waals surface area contributed by atoms with Gasteiger partial charge in [-0.2, -0.15) is 5.10 Å². The van der Waals surface area contributed by atoms with Crippen molar-refractivity contribution in [2.45, 2.75) is 0 Å². The molecule has 29 heavy (non-hydrogen) atoms. The molecule has 1 aromatic carbocycles. The van der Waals surface area contributed by atoms with Gasteiger partial charge in [0.1, 0.15) is 17.5 Å². The fourth-order valence-corrected chi connectivity index (χ4v) is 4.93. The highest BCUT2D eigenvalue weighted by Gasteiger charge is 2.14. The van der Waals surface area contributed by atoms with Gasteiger partial charge in [0.2, 0.25) is 0 Å². The lowest BCUT2D eigenvalue weighted by Gasteiger charge is -2.03. The van der Waals surface area contributed by atoms with E-state index in [4.69, 9.17) is 11.6 Å². The predicted octanol–water partition coefficient (Wildman–Crippen LogP) is 5.03. The molecule has 142 valence electrons. The van der Waals surface area contributed by atoms with Crippen molar-refractivity contribution in [3.05, 3.63) is 81.6 Å². The quantitative estimate of drug-likeness (QED) is 0.427. The number of aromatic nitrogens is 5. The highest BCUT2D eigenvalue weighted by molar-refractivity contribution is 7.18. The molecule has 0 spiro atoms. The van der Waals surface area contributed by atoms with Gasteiger partial charge in [-0.05, 0) is 35.2 Å². The first-order chi connectivity index (χ1) is 14.2. The van der Waals surface area contributed by atoms with Crippen LogP contribution >= 0.6 is 34.3 Å². The second kappa shape index (κ2) is 7.40. The van der Waals surface area contributed by atoms with Gasteiger partial charge >= 0.3 is 0 Å². The zero-order valence-corrected chi connectivity index (χ0v) is 17.1. The van der Waals surface area contributed by atoms with Gasteiger partial charge in [-0.15, -0.1) is 22.7 Å². The molecule has 0 atom stereocenters. The molecule has 0 bridgehead atoms. The minimum Gasteiger partial charge on any atom is -0.305 e. The summed E-state index contributed by atoms with van der Waals surface area (Å²) in [4.78, 5) is 25.8. The largest absolute Gasteiger partial charge is 0.305 e. The Hall–Kier alpha value is -3.07. The standard InChI is InChI=1S/C20H12ClN5OS2/c21-15(8-12-3-5-13(6-4-12)26-11-22-10-23-26)18-24-19(27)17-14(9-29-20(17)25-18)16-2-1-7-28-16/h1-11H,(H,24,25,27)/b15-8-. The summed E-state index contributed by atoms with van der Waals surface area (Å²) in [7, 11) is 0. The summed E-state index contributed by atoms with van der Waals surface area (Å²) in [6.45, 7) is 0. The van der Waals surface area contributed by atoms with E-state index in [1.54, 1.807) is 28.4 Å². The van der Waals surface area contributed by atoms with Gasteiger partial charge in [0.05, 0.1) is 16.1 Å². The lowest BCUT2D eigenvalue weighted by atomic mass is 10.2. The molecule has 0 radical (unpaired) electrons. The van der Waals surface area contributed by atoms with Crippen LogP contribution in [0.1, 0.15) is 11.4 Å². The number of H-pyrrole nitrogens is 1. The Bertz CT molecular complexity index is 1370. The molecule has 0 aliphatic rings. The normalized spacial score (nSPS) is 12.0. The molecule has 0 aliphatic carbocycles. The van der Waals surface area contributed by atoms with Gasteiger partial charge in [-0.3, -0.25) is 4.79 Å². The second-order valence-corrected chi connectivity index (χ2v) is 8.36. The molecule has 0 amide bonds. The van der Waals surface area contributed by atoms with Gasteiger partial charge < -0.3 is 4.98 Å². The average molecular weight is 438 g/mol. The molecule has 4 heterocycles. The van der Waals surface area contributed by atoms with Crippen molar-refractivity contribution in [2.24, 2.45) is 0 Å². The first-order valence-corrected chi connectivity index (χ1v) is 10.7. The fourth-order valence-electron chi connectivity index (χ4n) is 2.95. The molecule has 5 rings (SSSR count). The second-order valence-electron chi connectivity index (χ2n) is 6.15. The van der Waals surface area contributed by atoms with Crippen LogP contribution in [0.25, 0.3) is 37.5 Å². The number of fused-ring (bicyclic) bond motifs is 1. The Morgan fingerprint density at radius 1 is 1.17 bits per heavy atom. The zero-order chi connectivity index (χ0) is 19.8. The highest BCUT2D eigenvalue weighted by atomic mass is 35.5.